The van der Waals surface area contributed by atoms with Gasteiger partial charge in [-0.05, 0) is 12.8 Å². The fourth-order valence-corrected chi connectivity index (χ4v) is 7.74. The van der Waals surface area contributed by atoms with Crippen molar-refractivity contribution in [1.29, 1.82) is 0 Å². The first-order chi connectivity index (χ1) is 27.2. The van der Waals surface area contributed by atoms with E-state index in [2.05, 4.69) is 19.2 Å². The van der Waals surface area contributed by atoms with Crippen molar-refractivity contribution in [3.63, 3.8) is 0 Å². The number of aliphatic hydroxyl groups is 7. The van der Waals surface area contributed by atoms with Gasteiger partial charge < -0.3 is 50.5 Å². The number of aliphatic hydroxyl groups excluding tert-OH is 7. The van der Waals surface area contributed by atoms with Crippen LogP contribution in [0, 0.1) is 0 Å². The molecule has 11 heteroatoms. The summed E-state index contributed by atoms with van der Waals surface area (Å²) in [5, 5.41) is 75.2. The van der Waals surface area contributed by atoms with Gasteiger partial charge in [0.15, 0.2) is 6.29 Å². The van der Waals surface area contributed by atoms with Gasteiger partial charge in [0.2, 0.25) is 5.91 Å². The summed E-state index contributed by atoms with van der Waals surface area (Å²) in [5.74, 6) is -0.697. The van der Waals surface area contributed by atoms with Crippen molar-refractivity contribution < 1.29 is 50.0 Å². The van der Waals surface area contributed by atoms with Crippen LogP contribution in [0.25, 0.3) is 0 Å². The van der Waals surface area contributed by atoms with Crippen molar-refractivity contribution in [3.8, 4) is 0 Å². The van der Waals surface area contributed by atoms with Crippen LogP contribution in [-0.2, 0) is 14.3 Å². The van der Waals surface area contributed by atoms with Crippen molar-refractivity contribution in [2.75, 3.05) is 13.2 Å². The molecular formula is C45H89NO10. The smallest absolute Gasteiger partial charge is 0.249 e. The van der Waals surface area contributed by atoms with Crippen molar-refractivity contribution >= 4 is 5.91 Å². The molecule has 9 unspecified atom stereocenters. The molecule has 1 fully saturated rings. The number of hydrogen-bond acceptors (Lipinski definition) is 10. The SMILES string of the molecule is CCCCCCCCCCCCCCCCCCCCCCCCCC(O)C(=O)NC(COC1OC(CO)C(O)C(O)C1O)C(O)C(O)CCCCCCCC. The summed E-state index contributed by atoms with van der Waals surface area (Å²) < 4.78 is 11.0. The number of carbonyl (C=O) groups excluding carboxylic acids is 1. The van der Waals surface area contributed by atoms with Crippen LogP contribution in [0.4, 0.5) is 0 Å². The van der Waals surface area contributed by atoms with E-state index in [-0.39, 0.29) is 6.42 Å². The van der Waals surface area contributed by atoms with E-state index in [4.69, 9.17) is 9.47 Å². The third kappa shape index (κ3) is 25.6. The van der Waals surface area contributed by atoms with Gasteiger partial charge in [-0.2, -0.15) is 0 Å². The van der Waals surface area contributed by atoms with E-state index in [9.17, 15) is 40.5 Å². The maximum atomic E-state index is 13.0. The monoisotopic (exact) mass is 804 g/mol. The fourth-order valence-electron chi connectivity index (χ4n) is 7.74. The lowest BCUT2D eigenvalue weighted by molar-refractivity contribution is -0.303. The first kappa shape index (κ1) is 53.1. The maximum Gasteiger partial charge on any atom is 0.249 e. The molecule has 0 aromatic carbocycles. The fraction of sp³-hybridized carbons (Fsp3) is 0.978. The average molecular weight is 804 g/mol. The Hall–Kier alpha value is -0.890. The van der Waals surface area contributed by atoms with Gasteiger partial charge in [0, 0.05) is 0 Å². The number of ether oxygens (including phenoxy) is 2. The standard InChI is InChI=1S/C45H89NO10/c1-3-5-7-9-11-12-13-14-15-16-17-18-19-20-21-22-23-24-25-26-27-29-31-33-38(49)44(54)46-36(40(50)37(48)32-30-28-10-8-6-4-2)35-55-45-43(53)42(52)41(51)39(34-47)56-45/h36-43,45,47-53H,3-35H2,1-2H3,(H,46,54). The Morgan fingerprint density at radius 2 is 0.929 bits per heavy atom. The molecule has 0 saturated carbocycles. The van der Waals surface area contributed by atoms with Crippen LogP contribution in [0.3, 0.4) is 0 Å². The van der Waals surface area contributed by atoms with Crippen LogP contribution in [0.5, 0.6) is 0 Å². The molecule has 1 heterocycles. The van der Waals surface area contributed by atoms with E-state index in [1.807, 2.05) is 0 Å². The van der Waals surface area contributed by atoms with E-state index < -0.39 is 74.2 Å². The van der Waals surface area contributed by atoms with Crippen molar-refractivity contribution in [2.45, 2.75) is 268 Å². The Balaban J connectivity index is 2.26. The lowest BCUT2D eigenvalue weighted by Gasteiger charge is -2.40. The quantitative estimate of drug-likeness (QED) is 0.0289. The van der Waals surface area contributed by atoms with Crippen LogP contribution in [-0.4, -0.2) is 110 Å². The number of hydrogen-bond donors (Lipinski definition) is 8. The third-order valence-electron chi connectivity index (χ3n) is 11.7. The zero-order valence-electron chi connectivity index (χ0n) is 35.9. The summed E-state index contributed by atoms with van der Waals surface area (Å²) in [7, 11) is 0. The first-order valence-corrected chi connectivity index (χ1v) is 23.4. The minimum absolute atomic E-state index is 0.266. The van der Waals surface area contributed by atoms with Crippen molar-refractivity contribution in [3.05, 3.63) is 0 Å². The number of unbranched alkanes of at least 4 members (excludes halogenated alkanes) is 27. The molecule has 0 bridgehead atoms. The number of nitrogens with one attached hydrogen (secondary N) is 1. The van der Waals surface area contributed by atoms with Crippen molar-refractivity contribution in [2.24, 2.45) is 0 Å². The summed E-state index contributed by atoms with van der Waals surface area (Å²) in [4.78, 5) is 13.0. The topological polar surface area (TPSA) is 189 Å². The summed E-state index contributed by atoms with van der Waals surface area (Å²) >= 11 is 0. The van der Waals surface area contributed by atoms with Gasteiger partial charge in [0.25, 0.3) is 0 Å². The molecule has 1 amide bonds. The first-order valence-electron chi connectivity index (χ1n) is 23.4. The normalized spacial score (nSPS) is 22.2. The predicted molar refractivity (Wildman–Crippen MR) is 224 cm³/mol. The highest BCUT2D eigenvalue weighted by molar-refractivity contribution is 5.80. The van der Waals surface area contributed by atoms with Gasteiger partial charge in [-0.25, -0.2) is 0 Å². The van der Waals surface area contributed by atoms with Gasteiger partial charge in [0.1, 0.15) is 36.6 Å². The van der Waals surface area contributed by atoms with E-state index in [0.29, 0.717) is 19.3 Å². The van der Waals surface area contributed by atoms with Crippen molar-refractivity contribution in [1.82, 2.24) is 5.32 Å². The van der Waals surface area contributed by atoms with E-state index >= 15 is 0 Å². The molecule has 0 aromatic rings. The van der Waals surface area contributed by atoms with Gasteiger partial charge in [-0.15, -0.1) is 0 Å². The zero-order valence-corrected chi connectivity index (χ0v) is 35.9. The summed E-state index contributed by atoms with van der Waals surface area (Å²) in [6.45, 7) is 3.37. The highest BCUT2D eigenvalue weighted by atomic mass is 16.7. The Bertz CT molecular complexity index is 882. The van der Waals surface area contributed by atoms with Gasteiger partial charge in [-0.1, -0.05) is 200 Å². The predicted octanol–water partition coefficient (Wildman–Crippen LogP) is 7.50. The number of carbonyl (C=O) groups is 1. The van der Waals surface area contributed by atoms with E-state index in [1.165, 1.54) is 122 Å². The minimum Gasteiger partial charge on any atom is -0.394 e. The van der Waals surface area contributed by atoms with Gasteiger partial charge >= 0.3 is 0 Å². The molecule has 334 valence electrons. The highest BCUT2D eigenvalue weighted by Gasteiger charge is 2.44. The van der Waals surface area contributed by atoms with E-state index in [0.717, 1.165) is 51.4 Å². The van der Waals surface area contributed by atoms with Gasteiger partial charge in [0.05, 0.1) is 25.4 Å². The molecule has 0 spiro atoms. The third-order valence-corrected chi connectivity index (χ3v) is 11.7. The molecule has 1 aliphatic rings. The van der Waals surface area contributed by atoms with Crippen LogP contribution in [0.15, 0.2) is 0 Å². The Labute approximate surface area is 341 Å². The van der Waals surface area contributed by atoms with E-state index in [1.54, 1.807) is 0 Å². The Kier molecular flexibility index (Phi) is 34.2. The maximum absolute atomic E-state index is 13.0. The second kappa shape index (κ2) is 36.0. The van der Waals surface area contributed by atoms with Crippen LogP contribution < -0.4 is 5.32 Å². The zero-order chi connectivity index (χ0) is 41.2. The molecule has 0 radical (unpaired) electrons. The molecule has 0 aromatic heterocycles. The molecule has 11 nitrogen and oxygen atoms in total. The number of amides is 1. The molecule has 9 atom stereocenters. The Morgan fingerprint density at radius 1 is 0.554 bits per heavy atom. The molecule has 1 rings (SSSR count). The average Bonchev–Trinajstić information content (AvgIpc) is 3.20. The summed E-state index contributed by atoms with van der Waals surface area (Å²) in [5.41, 5.74) is 0. The van der Waals surface area contributed by atoms with Crippen LogP contribution >= 0.6 is 0 Å². The second-order valence-corrected chi connectivity index (χ2v) is 16.8. The molecule has 8 N–H and O–H groups in total. The van der Waals surface area contributed by atoms with Gasteiger partial charge in [-0.3, -0.25) is 4.79 Å². The van der Waals surface area contributed by atoms with Crippen LogP contribution in [0.2, 0.25) is 0 Å². The molecule has 0 aliphatic carbocycles. The largest absolute Gasteiger partial charge is 0.394 e. The summed E-state index contributed by atoms with van der Waals surface area (Å²) in [6.07, 6.45) is 25.0. The molecule has 56 heavy (non-hydrogen) atoms. The lowest BCUT2D eigenvalue weighted by atomic mass is 9.98. The lowest BCUT2D eigenvalue weighted by Crippen LogP contribution is -2.60. The Morgan fingerprint density at radius 3 is 1.32 bits per heavy atom. The number of rotatable bonds is 39. The minimum atomic E-state index is -1.65. The highest BCUT2D eigenvalue weighted by Crippen LogP contribution is 2.23. The second-order valence-electron chi connectivity index (χ2n) is 16.8. The molecule has 1 saturated heterocycles. The molecular weight excluding hydrogens is 714 g/mol. The van der Waals surface area contributed by atoms with Crippen LogP contribution in [0.1, 0.15) is 213 Å². The molecule has 1 aliphatic heterocycles. The summed E-state index contributed by atoms with van der Waals surface area (Å²) in [6, 6.07) is -1.16.